The fourth-order valence-corrected chi connectivity index (χ4v) is 5.04. The van der Waals surface area contributed by atoms with Crippen LogP contribution >= 0.6 is 0 Å². The van der Waals surface area contributed by atoms with Gasteiger partial charge in [-0.25, -0.2) is 8.42 Å². The molecule has 1 aromatic rings. The van der Waals surface area contributed by atoms with Crippen molar-refractivity contribution in [2.75, 3.05) is 27.2 Å². The van der Waals surface area contributed by atoms with Crippen LogP contribution in [0.1, 0.15) is 25.3 Å². The Morgan fingerprint density at radius 2 is 1.83 bits per heavy atom. The van der Waals surface area contributed by atoms with Crippen molar-refractivity contribution in [2.45, 2.75) is 36.9 Å². The molecule has 0 amide bonds. The van der Waals surface area contributed by atoms with Gasteiger partial charge in [-0.1, -0.05) is 25.5 Å². The Labute approximate surface area is 141 Å². The third-order valence-corrected chi connectivity index (χ3v) is 6.40. The lowest BCUT2D eigenvalue weighted by atomic mass is 9.98. The zero-order chi connectivity index (χ0) is 18.1. The van der Waals surface area contributed by atoms with Crippen molar-refractivity contribution in [2.24, 2.45) is 5.92 Å². The molecule has 0 spiro atoms. The van der Waals surface area contributed by atoms with E-state index in [4.69, 9.17) is 0 Å². The molecule has 1 aliphatic heterocycles. The lowest BCUT2D eigenvalue weighted by Gasteiger charge is -2.24. The standard InChI is InChI=1S/C16H23F3N2O2S/c1-4-7-12-10-21(11-14(12)20(2)3)24(22,23)15-9-6-5-8-13(15)16(17,18)19/h5-6,8-9,12,14H,4,7,10-11H2,1-3H3/t12-,14-/m1/s1. The largest absolute Gasteiger partial charge is 0.417 e. The molecule has 2 rings (SSSR count). The minimum Gasteiger partial charge on any atom is -0.305 e. The molecular weight excluding hydrogens is 341 g/mol. The van der Waals surface area contributed by atoms with Crippen LogP contribution in [0.2, 0.25) is 0 Å². The van der Waals surface area contributed by atoms with E-state index in [1.165, 1.54) is 16.4 Å². The van der Waals surface area contributed by atoms with Gasteiger partial charge in [0.25, 0.3) is 0 Å². The average Bonchev–Trinajstić information content (AvgIpc) is 2.92. The van der Waals surface area contributed by atoms with Gasteiger partial charge >= 0.3 is 6.18 Å². The van der Waals surface area contributed by atoms with Gasteiger partial charge in [0.1, 0.15) is 0 Å². The molecule has 0 unspecified atom stereocenters. The Balaban J connectivity index is 2.39. The van der Waals surface area contributed by atoms with Crippen molar-refractivity contribution in [3.63, 3.8) is 0 Å². The average molecular weight is 364 g/mol. The van der Waals surface area contributed by atoms with Gasteiger partial charge in [-0.05, 0) is 38.6 Å². The minimum atomic E-state index is -4.70. The summed E-state index contributed by atoms with van der Waals surface area (Å²) in [7, 11) is -0.447. The first kappa shape index (κ1) is 19.2. The highest BCUT2D eigenvalue weighted by molar-refractivity contribution is 7.89. The van der Waals surface area contributed by atoms with E-state index in [9.17, 15) is 21.6 Å². The van der Waals surface area contributed by atoms with Crippen molar-refractivity contribution in [3.05, 3.63) is 29.8 Å². The number of hydrogen-bond donors (Lipinski definition) is 0. The molecule has 136 valence electrons. The fourth-order valence-electron chi connectivity index (χ4n) is 3.32. The maximum Gasteiger partial charge on any atom is 0.417 e. The smallest absolute Gasteiger partial charge is 0.305 e. The predicted molar refractivity (Wildman–Crippen MR) is 86.1 cm³/mol. The normalized spacial score (nSPS) is 23.1. The molecule has 2 atom stereocenters. The van der Waals surface area contributed by atoms with Gasteiger partial charge in [0, 0.05) is 19.1 Å². The zero-order valence-electron chi connectivity index (χ0n) is 14.0. The fraction of sp³-hybridized carbons (Fsp3) is 0.625. The summed E-state index contributed by atoms with van der Waals surface area (Å²) >= 11 is 0. The highest BCUT2D eigenvalue weighted by atomic mass is 32.2. The highest BCUT2D eigenvalue weighted by Crippen LogP contribution is 2.37. The van der Waals surface area contributed by atoms with Crippen LogP contribution in [-0.4, -0.2) is 50.8 Å². The Morgan fingerprint density at radius 1 is 1.21 bits per heavy atom. The quantitative estimate of drug-likeness (QED) is 0.806. The van der Waals surface area contributed by atoms with E-state index in [1.54, 1.807) is 0 Å². The Morgan fingerprint density at radius 3 is 2.38 bits per heavy atom. The van der Waals surface area contributed by atoms with Crippen molar-refractivity contribution < 1.29 is 21.6 Å². The monoisotopic (exact) mass is 364 g/mol. The minimum absolute atomic E-state index is 0.0118. The molecule has 1 saturated heterocycles. The summed E-state index contributed by atoms with van der Waals surface area (Å²) in [5.41, 5.74) is -1.11. The number of benzene rings is 1. The van der Waals surface area contributed by atoms with E-state index < -0.39 is 26.7 Å². The summed E-state index contributed by atoms with van der Waals surface area (Å²) in [5, 5.41) is 0. The molecule has 8 heteroatoms. The first-order chi connectivity index (χ1) is 11.1. The van der Waals surface area contributed by atoms with Gasteiger partial charge in [0.15, 0.2) is 0 Å². The van der Waals surface area contributed by atoms with Gasteiger partial charge in [0.05, 0.1) is 10.5 Å². The van der Waals surface area contributed by atoms with Crippen LogP contribution in [0.15, 0.2) is 29.2 Å². The van der Waals surface area contributed by atoms with E-state index in [-0.39, 0.29) is 25.0 Å². The Kier molecular flexibility index (Phi) is 5.61. The second kappa shape index (κ2) is 7.01. The molecule has 0 bridgehead atoms. The number of alkyl halides is 3. The topological polar surface area (TPSA) is 40.6 Å². The summed E-state index contributed by atoms with van der Waals surface area (Å²) in [6.07, 6.45) is -2.95. The van der Waals surface area contributed by atoms with Gasteiger partial charge in [-0.3, -0.25) is 0 Å². The van der Waals surface area contributed by atoms with Crippen LogP contribution in [-0.2, 0) is 16.2 Å². The Hall–Kier alpha value is -1.12. The SMILES string of the molecule is CCC[C@@H]1CN(S(=O)(=O)c2ccccc2C(F)(F)F)C[C@H]1N(C)C. The number of likely N-dealkylation sites (N-methyl/N-ethyl adjacent to an activating group) is 1. The third-order valence-electron chi connectivity index (χ3n) is 4.51. The molecule has 0 aromatic heterocycles. The van der Waals surface area contributed by atoms with E-state index in [0.29, 0.717) is 0 Å². The first-order valence-corrected chi connectivity index (χ1v) is 9.35. The van der Waals surface area contributed by atoms with Gasteiger partial charge in [0.2, 0.25) is 10.0 Å². The van der Waals surface area contributed by atoms with Crippen LogP contribution in [0, 0.1) is 5.92 Å². The molecule has 4 nitrogen and oxygen atoms in total. The van der Waals surface area contributed by atoms with Gasteiger partial charge in [-0.2, -0.15) is 17.5 Å². The molecule has 24 heavy (non-hydrogen) atoms. The van der Waals surface area contributed by atoms with E-state index >= 15 is 0 Å². The number of sulfonamides is 1. The van der Waals surface area contributed by atoms with Crippen LogP contribution in [0.3, 0.4) is 0 Å². The lowest BCUT2D eigenvalue weighted by molar-refractivity contribution is -0.139. The molecule has 0 saturated carbocycles. The summed E-state index contributed by atoms with van der Waals surface area (Å²) in [6, 6.07) is 4.39. The van der Waals surface area contributed by atoms with Crippen molar-refractivity contribution >= 4 is 10.0 Å². The third kappa shape index (κ3) is 3.75. The van der Waals surface area contributed by atoms with Crippen LogP contribution in [0.25, 0.3) is 0 Å². The van der Waals surface area contributed by atoms with Crippen molar-refractivity contribution in [1.29, 1.82) is 0 Å². The number of hydrogen-bond acceptors (Lipinski definition) is 3. The molecular formula is C16H23F3N2O2S. The summed E-state index contributed by atoms with van der Waals surface area (Å²) in [5.74, 6) is 0.123. The van der Waals surface area contributed by atoms with Crippen LogP contribution < -0.4 is 0 Å². The number of halogens is 3. The van der Waals surface area contributed by atoms with Gasteiger partial charge in [-0.15, -0.1) is 0 Å². The predicted octanol–water partition coefficient (Wildman–Crippen LogP) is 3.06. The second-order valence-corrected chi connectivity index (χ2v) is 8.30. The zero-order valence-corrected chi connectivity index (χ0v) is 14.9. The maximum absolute atomic E-state index is 13.2. The first-order valence-electron chi connectivity index (χ1n) is 7.91. The number of rotatable bonds is 5. The molecule has 1 fully saturated rings. The van der Waals surface area contributed by atoms with Gasteiger partial charge < -0.3 is 4.90 Å². The van der Waals surface area contributed by atoms with Crippen molar-refractivity contribution in [3.8, 4) is 0 Å². The summed E-state index contributed by atoms with van der Waals surface area (Å²) < 4.78 is 66.4. The Bertz CT molecular complexity index is 674. The van der Waals surface area contributed by atoms with E-state index in [1.807, 2.05) is 25.9 Å². The molecule has 0 radical (unpaired) electrons. The summed E-state index contributed by atoms with van der Waals surface area (Å²) in [4.78, 5) is 1.29. The maximum atomic E-state index is 13.2. The van der Waals surface area contributed by atoms with Crippen LogP contribution in [0.4, 0.5) is 13.2 Å². The molecule has 1 heterocycles. The highest BCUT2D eigenvalue weighted by Gasteiger charge is 2.43. The summed E-state index contributed by atoms with van der Waals surface area (Å²) in [6.45, 7) is 2.49. The van der Waals surface area contributed by atoms with Crippen LogP contribution in [0.5, 0.6) is 0 Å². The number of nitrogens with zero attached hydrogens (tertiary/aromatic N) is 2. The van der Waals surface area contributed by atoms with E-state index in [2.05, 4.69) is 0 Å². The molecule has 1 aliphatic rings. The van der Waals surface area contributed by atoms with E-state index in [0.717, 1.165) is 25.0 Å². The second-order valence-electron chi connectivity index (χ2n) is 6.40. The lowest BCUT2D eigenvalue weighted by Crippen LogP contribution is -2.36. The van der Waals surface area contributed by atoms with Crippen molar-refractivity contribution in [1.82, 2.24) is 9.21 Å². The molecule has 1 aromatic carbocycles. The molecule has 0 N–H and O–H groups in total. The molecule has 0 aliphatic carbocycles.